The van der Waals surface area contributed by atoms with Crippen LogP contribution in [0.3, 0.4) is 0 Å². The van der Waals surface area contributed by atoms with Gasteiger partial charge in [0.2, 0.25) is 0 Å². The van der Waals surface area contributed by atoms with Gasteiger partial charge in [-0.3, -0.25) is 0 Å². The molecule has 0 spiro atoms. The Morgan fingerprint density at radius 2 is 2.30 bits per heavy atom. The molecule has 0 radical (unpaired) electrons. The maximum absolute atomic E-state index is 5.33. The molecule has 0 amide bonds. The fraction of sp³-hybridized carbons (Fsp3) is 0.571. The summed E-state index contributed by atoms with van der Waals surface area (Å²) < 4.78 is 10.1. The SMILES string of the molecule is Cc1oncc1OC(C)C. The number of rotatable bonds is 2. The van der Waals surface area contributed by atoms with Crippen LogP contribution in [0.15, 0.2) is 10.7 Å². The van der Waals surface area contributed by atoms with Gasteiger partial charge in [-0.15, -0.1) is 0 Å². The van der Waals surface area contributed by atoms with Crippen LogP contribution in [0, 0.1) is 6.92 Å². The van der Waals surface area contributed by atoms with Gasteiger partial charge in [-0.05, 0) is 13.8 Å². The molecule has 1 rings (SSSR count). The predicted octanol–water partition coefficient (Wildman–Crippen LogP) is 1.77. The largest absolute Gasteiger partial charge is 0.486 e. The third kappa shape index (κ3) is 1.50. The van der Waals surface area contributed by atoms with Gasteiger partial charge in [0.15, 0.2) is 11.5 Å². The third-order valence-corrected chi connectivity index (χ3v) is 1.07. The van der Waals surface area contributed by atoms with Crippen LogP contribution in [-0.2, 0) is 0 Å². The summed E-state index contributed by atoms with van der Waals surface area (Å²) in [6, 6.07) is 0. The Labute approximate surface area is 60.0 Å². The number of hydrogen-bond donors (Lipinski definition) is 0. The number of aryl methyl sites for hydroxylation is 1. The second kappa shape index (κ2) is 2.73. The van der Waals surface area contributed by atoms with Crippen molar-refractivity contribution < 1.29 is 9.26 Å². The van der Waals surface area contributed by atoms with Crippen molar-refractivity contribution in [3.05, 3.63) is 12.0 Å². The molecule has 1 aromatic rings. The molecule has 0 atom stereocenters. The highest BCUT2D eigenvalue weighted by molar-refractivity contribution is 5.19. The van der Waals surface area contributed by atoms with Crippen LogP contribution in [0.2, 0.25) is 0 Å². The summed E-state index contributed by atoms with van der Waals surface area (Å²) in [7, 11) is 0. The van der Waals surface area contributed by atoms with Crippen molar-refractivity contribution in [3.63, 3.8) is 0 Å². The third-order valence-electron chi connectivity index (χ3n) is 1.07. The van der Waals surface area contributed by atoms with Gasteiger partial charge in [0.25, 0.3) is 0 Å². The minimum Gasteiger partial charge on any atom is -0.486 e. The Bertz CT molecular complexity index is 205. The molecule has 0 aromatic carbocycles. The molecular weight excluding hydrogens is 130 g/mol. The molecule has 0 bridgehead atoms. The van der Waals surface area contributed by atoms with Gasteiger partial charge in [0.05, 0.1) is 6.10 Å². The van der Waals surface area contributed by atoms with E-state index in [0.717, 1.165) is 11.5 Å². The fourth-order valence-electron chi connectivity index (χ4n) is 0.657. The molecule has 0 aliphatic carbocycles. The van der Waals surface area contributed by atoms with Gasteiger partial charge in [-0.25, -0.2) is 0 Å². The predicted molar refractivity (Wildman–Crippen MR) is 37.0 cm³/mol. The standard InChI is InChI=1S/C7H11NO2/c1-5(2)9-7-4-8-10-6(7)3/h4-5H,1-3H3. The molecule has 0 N–H and O–H groups in total. The second-order valence-corrected chi connectivity index (χ2v) is 2.41. The average Bonchev–Trinajstić information content (AvgIpc) is 2.15. The first-order valence-electron chi connectivity index (χ1n) is 3.28. The summed E-state index contributed by atoms with van der Waals surface area (Å²) in [5.74, 6) is 1.46. The molecule has 3 heteroatoms. The summed E-state index contributed by atoms with van der Waals surface area (Å²) in [6.07, 6.45) is 1.76. The maximum atomic E-state index is 5.33. The molecule has 1 heterocycles. The Kier molecular flexibility index (Phi) is 1.94. The van der Waals surface area contributed by atoms with Crippen LogP contribution >= 0.6 is 0 Å². The van der Waals surface area contributed by atoms with Gasteiger partial charge >= 0.3 is 0 Å². The van der Waals surface area contributed by atoms with Crippen LogP contribution < -0.4 is 4.74 Å². The average molecular weight is 141 g/mol. The number of nitrogens with zero attached hydrogens (tertiary/aromatic N) is 1. The minimum absolute atomic E-state index is 0.179. The van der Waals surface area contributed by atoms with E-state index in [1.807, 2.05) is 20.8 Å². The molecule has 56 valence electrons. The Morgan fingerprint density at radius 3 is 2.70 bits per heavy atom. The maximum Gasteiger partial charge on any atom is 0.181 e. The summed E-state index contributed by atoms with van der Waals surface area (Å²) >= 11 is 0. The van der Waals surface area contributed by atoms with E-state index in [4.69, 9.17) is 9.26 Å². The Balaban J connectivity index is 2.65. The van der Waals surface area contributed by atoms with Gasteiger partial charge in [-0.1, -0.05) is 5.16 Å². The molecule has 1 aromatic heterocycles. The van der Waals surface area contributed by atoms with Gasteiger partial charge in [0.1, 0.15) is 6.20 Å². The van der Waals surface area contributed by atoms with Crippen LogP contribution in [0.5, 0.6) is 5.75 Å². The molecule has 10 heavy (non-hydrogen) atoms. The van der Waals surface area contributed by atoms with E-state index in [1.54, 1.807) is 6.20 Å². The highest BCUT2D eigenvalue weighted by Gasteiger charge is 2.04. The molecular formula is C7H11NO2. The van der Waals surface area contributed by atoms with Crippen molar-refractivity contribution in [1.82, 2.24) is 5.16 Å². The first kappa shape index (κ1) is 7.12. The van der Waals surface area contributed by atoms with E-state index in [2.05, 4.69) is 5.16 Å². The fourth-order valence-corrected chi connectivity index (χ4v) is 0.657. The van der Waals surface area contributed by atoms with Crippen LogP contribution in [0.1, 0.15) is 19.6 Å². The van der Waals surface area contributed by atoms with Gasteiger partial charge < -0.3 is 9.26 Å². The smallest absolute Gasteiger partial charge is 0.181 e. The highest BCUT2D eigenvalue weighted by Crippen LogP contribution is 2.16. The van der Waals surface area contributed by atoms with Crippen molar-refractivity contribution >= 4 is 0 Å². The van der Waals surface area contributed by atoms with Crippen molar-refractivity contribution in [1.29, 1.82) is 0 Å². The van der Waals surface area contributed by atoms with E-state index in [-0.39, 0.29) is 6.10 Å². The number of ether oxygens (including phenoxy) is 1. The zero-order chi connectivity index (χ0) is 7.56. The quantitative estimate of drug-likeness (QED) is 0.629. The lowest BCUT2D eigenvalue weighted by atomic mass is 10.4. The van der Waals surface area contributed by atoms with E-state index in [1.165, 1.54) is 0 Å². The van der Waals surface area contributed by atoms with E-state index in [0.29, 0.717) is 0 Å². The molecule has 0 unspecified atom stereocenters. The summed E-state index contributed by atoms with van der Waals surface area (Å²) in [4.78, 5) is 0. The molecule has 0 saturated heterocycles. The van der Waals surface area contributed by atoms with Crippen LogP contribution in [0.4, 0.5) is 0 Å². The van der Waals surface area contributed by atoms with Gasteiger partial charge in [0, 0.05) is 6.92 Å². The Hall–Kier alpha value is -0.990. The summed E-state index contributed by atoms with van der Waals surface area (Å²) in [5.41, 5.74) is 0. The zero-order valence-electron chi connectivity index (χ0n) is 6.42. The first-order chi connectivity index (χ1) is 4.70. The normalized spacial score (nSPS) is 10.4. The van der Waals surface area contributed by atoms with Crippen LogP contribution in [-0.4, -0.2) is 11.3 Å². The lowest BCUT2D eigenvalue weighted by Crippen LogP contribution is -2.05. The van der Waals surface area contributed by atoms with Crippen molar-refractivity contribution in [2.45, 2.75) is 26.9 Å². The number of aromatic nitrogens is 1. The van der Waals surface area contributed by atoms with Gasteiger partial charge in [-0.2, -0.15) is 0 Å². The molecule has 0 aliphatic heterocycles. The molecule has 3 nitrogen and oxygen atoms in total. The molecule has 0 saturated carbocycles. The van der Waals surface area contributed by atoms with Crippen molar-refractivity contribution in [3.8, 4) is 5.75 Å². The highest BCUT2D eigenvalue weighted by atomic mass is 16.5. The topological polar surface area (TPSA) is 35.3 Å². The second-order valence-electron chi connectivity index (χ2n) is 2.41. The number of hydrogen-bond acceptors (Lipinski definition) is 3. The zero-order valence-corrected chi connectivity index (χ0v) is 6.42. The monoisotopic (exact) mass is 141 g/mol. The molecule has 0 fully saturated rings. The lowest BCUT2D eigenvalue weighted by Gasteiger charge is -2.05. The van der Waals surface area contributed by atoms with E-state index < -0.39 is 0 Å². The summed E-state index contributed by atoms with van der Waals surface area (Å²) in [5, 5.41) is 3.57. The van der Waals surface area contributed by atoms with Crippen molar-refractivity contribution in [2.75, 3.05) is 0 Å². The minimum atomic E-state index is 0.179. The van der Waals surface area contributed by atoms with Crippen molar-refractivity contribution in [2.24, 2.45) is 0 Å². The Morgan fingerprint density at radius 1 is 1.60 bits per heavy atom. The lowest BCUT2D eigenvalue weighted by molar-refractivity contribution is 0.236. The first-order valence-corrected chi connectivity index (χ1v) is 3.28. The van der Waals surface area contributed by atoms with Crippen LogP contribution in [0.25, 0.3) is 0 Å². The molecule has 0 aliphatic rings. The summed E-state index contributed by atoms with van der Waals surface area (Å²) in [6.45, 7) is 5.75. The van der Waals surface area contributed by atoms with E-state index in [9.17, 15) is 0 Å². The van der Waals surface area contributed by atoms with E-state index >= 15 is 0 Å².